The normalized spacial score (nSPS) is 12.8. The zero-order valence-corrected chi connectivity index (χ0v) is 9.48. The Morgan fingerprint density at radius 2 is 1.37 bits per heavy atom. The van der Waals surface area contributed by atoms with E-state index >= 15 is 0 Å². The van der Waals surface area contributed by atoms with Gasteiger partial charge in [-0.3, -0.25) is 0 Å². The van der Waals surface area contributed by atoms with E-state index in [-0.39, 0.29) is 5.76 Å². The van der Waals surface area contributed by atoms with Gasteiger partial charge in [0.15, 0.2) is 23.3 Å². The van der Waals surface area contributed by atoms with Gasteiger partial charge in [-0.25, -0.2) is 22.0 Å². The number of aliphatic hydroxyl groups excluding tert-OH is 1. The number of benzene rings is 1. The van der Waals surface area contributed by atoms with E-state index in [1.54, 1.807) is 0 Å². The molecule has 1 N–H and O–H groups in total. The van der Waals surface area contributed by atoms with Crippen LogP contribution in [0.15, 0.2) is 16.5 Å². The SMILES string of the molecule is CC(O)c1ccc(-c2c(F)c(F)c(F)c(F)c2F)o1. The Morgan fingerprint density at radius 1 is 0.895 bits per heavy atom. The van der Waals surface area contributed by atoms with Gasteiger partial charge in [-0.05, 0) is 19.1 Å². The van der Waals surface area contributed by atoms with Crippen LogP contribution in [0.3, 0.4) is 0 Å². The molecular formula is C12H7F5O2. The fourth-order valence-electron chi connectivity index (χ4n) is 1.53. The molecule has 1 unspecified atom stereocenters. The number of furan rings is 1. The van der Waals surface area contributed by atoms with Gasteiger partial charge in [-0.2, -0.15) is 0 Å². The Balaban J connectivity index is 2.68. The maximum Gasteiger partial charge on any atom is 0.200 e. The van der Waals surface area contributed by atoms with Crippen LogP contribution in [0.2, 0.25) is 0 Å². The highest BCUT2D eigenvalue weighted by Crippen LogP contribution is 2.33. The van der Waals surface area contributed by atoms with Crippen LogP contribution in [0, 0.1) is 29.1 Å². The summed E-state index contributed by atoms with van der Waals surface area (Å²) in [6, 6.07) is 2.19. The third-order valence-corrected chi connectivity index (χ3v) is 2.49. The number of hydrogen-bond acceptors (Lipinski definition) is 2. The molecule has 7 heteroatoms. The Morgan fingerprint density at radius 3 is 1.79 bits per heavy atom. The number of rotatable bonds is 2. The van der Waals surface area contributed by atoms with Crippen molar-refractivity contribution in [2.24, 2.45) is 0 Å². The van der Waals surface area contributed by atoms with E-state index in [0.717, 1.165) is 6.07 Å². The summed E-state index contributed by atoms with van der Waals surface area (Å²) >= 11 is 0. The van der Waals surface area contributed by atoms with Gasteiger partial charge in [-0.1, -0.05) is 0 Å². The summed E-state index contributed by atoms with van der Waals surface area (Å²) in [6.45, 7) is 1.32. The van der Waals surface area contributed by atoms with Gasteiger partial charge in [0.2, 0.25) is 5.82 Å². The zero-order valence-electron chi connectivity index (χ0n) is 9.48. The average molecular weight is 278 g/mol. The Hall–Kier alpha value is -1.89. The fourth-order valence-corrected chi connectivity index (χ4v) is 1.53. The van der Waals surface area contributed by atoms with Crippen LogP contribution < -0.4 is 0 Å². The van der Waals surface area contributed by atoms with Crippen molar-refractivity contribution in [3.05, 3.63) is 47.0 Å². The summed E-state index contributed by atoms with van der Waals surface area (Å²) in [5.41, 5.74) is -1.16. The molecule has 0 fully saturated rings. The van der Waals surface area contributed by atoms with E-state index in [1.165, 1.54) is 13.0 Å². The number of aliphatic hydroxyl groups is 1. The second-order valence-corrected chi connectivity index (χ2v) is 3.82. The predicted molar refractivity (Wildman–Crippen MR) is 54.6 cm³/mol. The van der Waals surface area contributed by atoms with Crippen molar-refractivity contribution in [3.63, 3.8) is 0 Å². The van der Waals surface area contributed by atoms with E-state index in [2.05, 4.69) is 0 Å². The number of hydrogen-bond donors (Lipinski definition) is 1. The molecular weight excluding hydrogens is 271 g/mol. The first-order valence-electron chi connectivity index (χ1n) is 5.14. The average Bonchev–Trinajstić information content (AvgIpc) is 2.84. The van der Waals surface area contributed by atoms with E-state index in [9.17, 15) is 27.1 Å². The van der Waals surface area contributed by atoms with E-state index in [4.69, 9.17) is 4.42 Å². The van der Waals surface area contributed by atoms with E-state index in [0.29, 0.717) is 0 Å². The van der Waals surface area contributed by atoms with Crippen LogP contribution >= 0.6 is 0 Å². The van der Waals surface area contributed by atoms with Crippen molar-refractivity contribution in [2.75, 3.05) is 0 Å². The maximum absolute atomic E-state index is 13.5. The molecule has 0 aliphatic rings. The Labute approximate surface area is 104 Å². The molecule has 0 bridgehead atoms. The van der Waals surface area contributed by atoms with Crippen molar-refractivity contribution in [2.45, 2.75) is 13.0 Å². The van der Waals surface area contributed by atoms with Crippen molar-refractivity contribution < 1.29 is 31.5 Å². The van der Waals surface area contributed by atoms with Gasteiger partial charge < -0.3 is 9.52 Å². The largest absolute Gasteiger partial charge is 0.458 e. The van der Waals surface area contributed by atoms with Crippen LogP contribution in [0.25, 0.3) is 11.3 Å². The molecule has 0 saturated heterocycles. The van der Waals surface area contributed by atoms with Gasteiger partial charge in [0.1, 0.15) is 17.6 Å². The van der Waals surface area contributed by atoms with Crippen molar-refractivity contribution in [1.82, 2.24) is 0 Å². The molecule has 1 aromatic heterocycles. The van der Waals surface area contributed by atoms with Crippen LogP contribution in [0.1, 0.15) is 18.8 Å². The predicted octanol–water partition coefficient (Wildman–Crippen LogP) is 3.70. The van der Waals surface area contributed by atoms with Gasteiger partial charge in [-0.15, -0.1) is 0 Å². The topological polar surface area (TPSA) is 33.4 Å². The summed E-state index contributed by atoms with van der Waals surface area (Å²) in [5, 5.41) is 9.19. The van der Waals surface area contributed by atoms with Crippen LogP contribution in [-0.4, -0.2) is 5.11 Å². The lowest BCUT2D eigenvalue weighted by molar-refractivity contribution is 0.170. The van der Waals surface area contributed by atoms with Crippen molar-refractivity contribution in [1.29, 1.82) is 0 Å². The first-order valence-corrected chi connectivity index (χ1v) is 5.14. The molecule has 102 valence electrons. The second-order valence-electron chi connectivity index (χ2n) is 3.82. The Kier molecular flexibility index (Phi) is 3.32. The monoisotopic (exact) mass is 278 g/mol. The van der Waals surface area contributed by atoms with E-state index in [1.807, 2.05) is 0 Å². The molecule has 0 aliphatic carbocycles. The lowest BCUT2D eigenvalue weighted by Crippen LogP contribution is -2.03. The molecule has 2 rings (SSSR count). The molecule has 0 radical (unpaired) electrons. The molecule has 2 nitrogen and oxygen atoms in total. The minimum absolute atomic E-state index is 0.0565. The van der Waals surface area contributed by atoms with Gasteiger partial charge >= 0.3 is 0 Å². The molecule has 0 aliphatic heterocycles. The Bertz CT molecular complexity index is 604. The van der Waals surface area contributed by atoms with Crippen LogP contribution in [0.5, 0.6) is 0 Å². The highest BCUT2D eigenvalue weighted by Gasteiger charge is 2.28. The summed E-state index contributed by atoms with van der Waals surface area (Å²) in [4.78, 5) is 0. The van der Waals surface area contributed by atoms with Crippen molar-refractivity contribution in [3.8, 4) is 11.3 Å². The first-order chi connectivity index (χ1) is 8.84. The fraction of sp³-hybridized carbons (Fsp3) is 0.167. The molecule has 2 aromatic rings. The second kappa shape index (κ2) is 4.65. The third kappa shape index (κ3) is 2.10. The molecule has 1 aromatic carbocycles. The zero-order chi connectivity index (χ0) is 14.3. The quantitative estimate of drug-likeness (QED) is 0.516. The summed E-state index contributed by atoms with van der Waals surface area (Å²) in [5.74, 6) is -10.9. The number of halogens is 5. The summed E-state index contributed by atoms with van der Waals surface area (Å²) in [7, 11) is 0. The lowest BCUT2D eigenvalue weighted by Gasteiger charge is -2.06. The lowest BCUT2D eigenvalue weighted by atomic mass is 10.1. The van der Waals surface area contributed by atoms with Crippen LogP contribution in [-0.2, 0) is 0 Å². The highest BCUT2D eigenvalue weighted by atomic mass is 19.2. The molecule has 1 heterocycles. The van der Waals surface area contributed by atoms with Crippen LogP contribution in [0.4, 0.5) is 22.0 Å². The molecule has 1 atom stereocenters. The third-order valence-electron chi connectivity index (χ3n) is 2.49. The molecule has 0 amide bonds. The smallest absolute Gasteiger partial charge is 0.200 e. The molecule has 0 spiro atoms. The minimum atomic E-state index is -2.24. The maximum atomic E-state index is 13.5. The molecule has 0 saturated carbocycles. The molecule has 19 heavy (non-hydrogen) atoms. The summed E-state index contributed by atoms with van der Waals surface area (Å²) in [6.07, 6.45) is -1.07. The minimum Gasteiger partial charge on any atom is -0.458 e. The van der Waals surface area contributed by atoms with Gasteiger partial charge in [0.25, 0.3) is 0 Å². The highest BCUT2D eigenvalue weighted by molar-refractivity contribution is 5.60. The standard InChI is InChI=1S/C12H7F5O2/c1-4(18)5-2-3-6(19-5)7-8(13)10(15)12(17)11(16)9(7)14/h2-4,18H,1H3. The first kappa shape index (κ1) is 13.5. The van der Waals surface area contributed by atoms with Gasteiger partial charge in [0, 0.05) is 0 Å². The summed E-state index contributed by atoms with van der Waals surface area (Å²) < 4.78 is 70.6. The van der Waals surface area contributed by atoms with Crippen molar-refractivity contribution >= 4 is 0 Å². The van der Waals surface area contributed by atoms with Gasteiger partial charge in [0.05, 0.1) is 5.56 Å². The van der Waals surface area contributed by atoms with E-state index < -0.39 is 46.5 Å².